The maximum Gasteiger partial charge on any atom is 0.229 e. The van der Waals surface area contributed by atoms with E-state index in [4.69, 9.17) is 10.7 Å². The average molecular weight is 405 g/mol. The Bertz CT molecular complexity index is 828. The van der Waals surface area contributed by atoms with Crippen LogP contribution in [0.15, 0.2) is 24.3 Å². The lowest BCUT2D eigenvalue weighted by molar-refractivity contribution is -0.119. The summed E-state index contributed by atoms with van der Waals surface area (Å²) in [6.07, 6.45) is 2.83. The molecule has 1 aromatic heterocycles. The summed E-state index contributed by atoms with van der Waals surface area (Å²) in [5.41, 5.74) is 9.67. The van der Waals surface area contributed by atoms with Gasteiger partial charge in [0.05, 0.1) is 0 Å². The van der Waals surface area contributed by atoms with E-state index in [0.717, 1.165) is 60.8 Å². The summed E-state index contributed by atoms with van der Waals surface area (Å²) in [7, 11) is 0. The Morgan fingerprint density at radius 1 is 1.32 bits per heavy atom. The van der Waals surface area contributed by atoms with Gasteiger partial charge in [0.15, 0.2) is 0 Å². The molecule has 1 unspecified atom stereocenters. The van der Waals surface area contributed by atoms with Gasteiger partial charge in [-0.15, -0.1) is 12.4 Å². The fourth-order valence-corrected chi connectivity index (χ4v) is 3.31. The van der Waals surface area contributed by atoms with Crippen molar-refractivity contribution in [1.82, 2.24) is 15.3 Å². The molecule has 1 saturated heterocycles. The Morgan fingerprint density at radius 2 is 2.11 bits per heavy atom. The number of aromatic nitrogens is 2. The van der Waals surface area contributed by atoms with Gasteiger partial charge in [-0.05, 0) is 37.5 Å². The molecule has 28 heavy (non-hydrogen) atoms. The van der Waals surface area contributed by atoms with Gasteiger partial charge >= 0.3 is 0 Å². The van der Waals surface area contributed by atoms with Crippen LogP contribution in [0.2, 0.25) is 0 Å². The van der Waals surface area contributed by atoms with Crippen LogP contribution >= 0.6 is 12.4 Å². The van der Waals surface area contributed by atoms with Crippen LogP contribution in [0.25, 0.3) is 0 Å². The van der Waals surface area contributed by atoms with Gasteiger partial charge in [-0.2, -0.15) is 4.98 Å². The highest BCUT2D eigenvalue weighted by Gasteiger charge is 2.24. The normalized spacial score (nSPS) is 15.8. The van der Waals surface area contributed by atoms with Crippen LogP contribution in [0, 0.1) is 6.92 Å². The van der Waals surface area contributed by atoms with E-state index < -0.39 is 0 Å². The van der Waals surface area contributed by atoms with Gasteiger partial charge in [0.1, 0.15) is 5.82 Å². The standard InChI is InChI=1S/C20H28N6O.ClH/c1-4-5-15-11-19(26-9-8-17(12-26)22-14(3)27)25-20(23-15)24-16-7-6-13(2)18(21)10-16;/h6-7,10-11,17H,4-5,8-9,12,21H2,1-3H3,(H,22,27)(H,23,24,25);1H. The Kier molecular flexibility index (Phi) is 7.45. The zero-order chi connectivity index (χ0) is 19.4. The molecule has 0 radical (unpaired) electrons. The molecule has 7 nitrogen and oxygen atoms in total. The second kappa shape index (κ2) is 9.59. The predicted octanol–water partition coefficient (Wildman–Crippen LogP) is 3.20. The number of aryl methyl sites for hydroxylation is 2. The van der Waals surface area contributed by atoms with E-state index in [1.807, 2.05) is 31.2 Å². The Labute approximate surface area is 172 Å². The van der Waals surface area contributed by atoms with E-state index in [2.05, 4.69) is 27.4 Å². The third kappa shape index (κ3) is 5.48. The number of carbonyl (C=O) groups excluding carboxylic acids is 1. The fourth-order valence-electron chi connectivity index (χ4n) is 3.31. The average Bonchev–Trinajstić information content (AvgIpc) is 3.06. The zero-order valence-corrected chi connectivity index (χ0v) is 17.5. The highest BCUT2D eigenvalue weighted by molar-refractivity contribution is 5.85. The van der Waals surface area contributed by atoms with Crippen molar-refractivity contribution in [3.8, 4) is 0 Å². The summed E-state index contributed by atoms with van der Waals surface area (Å²) in [6.45, 7) is 7.30. The van der Waals surface area contributed by atoms with Gasteiger partial charge < -0.3 is 21.3 Å². The molecule has 1 atom stereocenters. The third-order valence-corrected chi connectivity index (χ3v) is 4.73. The number of benzene rings is 1. The number of nitrogens with zero attached hydrogens (tertiary/aromatic N) is 3. The minimum atomic E-state index is 0. The first-order valence-electron chi connectivity index (χ1n) is 9.47. The summed E-state index contributed by atoms with van der Waals surface area (Å²) in [5.74, 6) is 1.47. The maximum absolute atomic E-state index is 11.3. The molecular formula is C20H29ClN6O. The fraction of sp³-hybridized carbons (Fsp3) is 0.450. The van der Waals surface area contributed by atoms with Gasteiger partial charge in [-0.1, -0.05) is 19.4 Å². The van der Waals surface area contributed by atoms with E-state index >= 15 is 0 Å². The molecule has 2 heterocycles. The summed E-state index contributed by atoms with van der Waals surface area (Å²) in [5, 5.41) is 6.27. The topological polar surface area (TPSA) is 96.2 Å². The van der Waals surface area contributed by atoms with Gasteiger partial charge in [0.25, 0.3) is 0 Å². The minimum absolute atomic E-state index is 0. The van der Waals surface area contributed by atoms with Gasteiger partial charge in [-0.3, -0.25) is 4.79 Å². The molecule has 8 heteroatoms. The Hall–Kier alpha value is -2.54. The molecular weight excluding hydrogens is 376 g/mol. The van der Waals surface area contributed by atoms with Crippen molar-refractivity contribution in [2.75, 3.05) is 29.0 Å². The van der Waals surface area contributed by atoms with Crippen molar-refractivity contribution in [1.29, 1.82) is 0 Å². The van der Waals surface area contributed by atoms with Crippen molar-refractivity contribution >= 4 is 41.5 Å². The zero-order valence-electron chi connectivity index (χ0n) is 16.7. The highest BCUT2D eigenvalue weighted by Crippen LogP contribution is 2.24. The number of anilines is 4. The van der Waals surface area contributed by atoms with E-state index in [0.29, 0.717) is 5.95 Å². The number of hydrogen-bond acceptors (Lipinski definition) is 6. The summed E-state index contributed by atoms with van der Waals surface area (Å²) < 4.78 is 0. The summed E-state index contributed by atoms with van der Waals surface area (Å²) in [4.78, 5) is 22.9. The molecule has 0 bridgehead atoms. The number of nitrogens with two attached hydrogens (primary N) is 1. The lowest BCUT2D eigenvalue weighted by Gasteiger charge is -2.19. The molecule has 4 N–H and O–H groups in total. The number of halogens is 1. The van der Waals surface area contributed by atoms with Crippen LogP contribution in [0.4, 0.5) is 23.1 Å². The molecule has 3 rings (SSSR count). The molecule has 2 aromatic rings. The monoisotopic (exact) mass is 404 g/mol. The third-order valence-electron chi connectivity index (χ3n) is 4.73. The van der Waals surface area contributed by atoms with E-state index in [9.17, 15) is 4.79 Å². The highest BCUT2D eigenvalue weighted by atomic mass is 35.5. The van der Waals surface area contributed by atoms with Gasteiger partial charge in [-0.25, -0.2) is 4.98 Å². The smallest absolute Gasteiger partial charge is 0.229 e. The molecule has 0 saturated carbocycles. The van der Waals surface area contributed by atoms with Crippen LogP contribution in [-0.2, 0) is 11.2 Å². The number of hydrogen-bond donors (Lipinski definition) is 3. The summed E-state index contributed by atoms with van der Waals surface area (Å²) >= 11 is 0. The molecule has 1 amide bonds. The number of rotatable bonds is 6. The van der Waals surface area contributed by atoms with Crippen LogP contribution in [0.1, 0.15) is 37.9 Å². The van der Waals surface area contributed by atoms with Crippen LogP contribution in [0.5, 0.6) is 0 Å². The number of nitrogens with one attached hydrogen (secondary N) is 2. The lowest BCUT2D eigenvalue weighted by Crippen LogP contribution is -2.35. The molecule has 152 valence electrons. The Morgan fingerprint density at radius 3 is 2.79 bits per heavy atom. The molecule has 0 spiro atoms. The molecule has 0 aliphatic carbocycles. The molecule has 1 aromatic carbocycles. The first kappa shape index (κ1) is 21.8. The first-order chi connectivity index (χ1) is 12.9. The number of nitrogen functional groups attached to an aromatic ring is 1. The quantitative estimate of drug-likeness (QED) is 0.640. The van der Waals surface area contributed by atoms with Crippen molar-refractivity contribution < 1.29 is 4.79 Å². The van der Waals surface area contributed by atoms with Crippen molar-refractivity contribution in [3.05, 3.63) is 35.5 Å². The van der Waals surface area contributed by atoms with Gasteiger partial charge in [0, 0.05) is 49.2 Å². The molecule has 1 fully saturated rings. The SMILES string of the molecule is CCCc1cc(N2CCC(NC(C)=O)C2)nc(Nc2ccc(C)c(N)c2)n1.Cl. The van der Waals surface area contributed by atoms with Crippen molar-refractivity contribution in [2.45, 2.75) is 46.1 Å². The maximum atomic E-state index is 11.3. The largest absolute Gasteiger partial charge is 0.398 e. The van der Waals surface area contributed by atoms with Crippen molar-refractivity contribution in [2.24, 2.45) is 0 Å². The van der Waals surface area contributed by atoms with E-state index in [1.54, 1.807) is 6.92 Å². The second-order valence-corrected chi connectivity index (χ2v) is 7.12. The summed E-state index contributed by atoms with van der Waals surface area (Å²) in [6, 6.07) is 8.07. The first-order valence-corrected chi connectivity index (χ1v) is 9.47. The van der Waals surface area contributed by atoms with Crippen molar-refractivity contribution in [3.63, 3.8) is 0 Å². The van der Waals surface area contributed by atoms with Crippen LogP contribution in [0.3, 0.4) is 0 Å². The Balaban J connectivity index is 0.00000280. The minimum Gasteiger partial charge on any atom is -0.398 e. The van der Waals surface area contributed by atoms with E-state index in [1.165, 1.54) is 0 Å². The number of amides is 1. The van der Waals surface area contributed by atoms with Crippen LogP contribution < -0.4 is 21.3 Å². The van der Waals surface area contributed by atoms with Gasteiger partial charge in [0.2, 0.25) is 11.9 Å². The lowest BCUT2D eigenvalue weighted by atomic mass is 10.2. The predicted molar refractivity (Wildman–Crippen MR) is 117 cm³/mol. The molecule has 1 aliphatic heterocycles. The van der Waals surface area contributed by atoms with E-state index in [-0.39, 0.29) is 24.4 Å². The second-order valence-electron chi connectivity index (χ2n) is 7.12. The number of carbonyl (C=O) groups is 1. The van der Waals surface area contributed by atoms with Crippen LogP contribution in [-0.4, -0.2) is 35.0 Å². The molecule has 1 aliphatic rings.